The standard InChI is InChI=1S/C10H7N3O6S/c14-12(15)7-3-4-9(8(6-7)13(16)17)20(18,19)10-2-1-5-11-10/h1-6,11H. The summed E-state index contributed by atoms with van der Waals surface area (Å²) in [7, 11) is -4.13. The van der Waals surface area contributed by atoms with Gasteiger partial charge < -0.3 is 4.98 Å². The molecule has 0 bridgehead atoms. The molecular formula is C10H7N3O6S. The average Bonchev–Trinajstić information content (AvgIpc) is 2.92. The van der Waals surface area contributed by atoms with E-state index in [1.807, 2.05) is 0 Å². The minimum atomic E-state index is -4.13. The van der Waals surface area contributed by atoms with E-state index in [0.717, 1.165) is 12.1 Å². The van der Waals surface area contributed by atoms with E-state index in [4.69, 9.17) is 0 Å². The lowest BCUT2D eigenvalue weighted by atomic mass is 10.3. The maximum Gasteiger partial charge on any atom is 0.295 e. The highest BCUT2D eigenvalue weighted by atomic mass is 32.2. The lowest BCUT2D eigenvalue weighted by Crippen LogP contribution is -2.06. The molecule has 0 fully saturated rings. The van der Waals surface area contributed by atoms with Gasteiger partial charge in [-0.1, -0.05) is 0 Å². The number of nitro groups is 2. The number of sulfone groups is 1. The van der Waals surface area contributed by atoms with Gasteiger partial charge in [0, 0.05) is 12.3 Å². The summed E-state index contributed by atoms with van der Waals surface area (Å²) in [6, 6.07) is 5.04. The third-order valence-electron chi connectivity index (χ3n) is 2.50. The number of hydrogen-bond acceptors (Lipinski definition) is 6. The Morgan fingerprint density at radius 1 is 1.05 bits per heavy atom. The third-order valence-corrected chi connectivity index (χ3v) is 4.26. The van der Waals surface area contributed by atoms with Crippen molar-refractivity contribution in [2.24, 2.45) is 0 Å². The summed E-state index contributed by atoms with van der Waals surface area (Å²) in [4.78, 5) is 21.5. The zero-order valence-electron chi connectivity index (χ0n) is 9.72. The largest absolute Gasteiger partial charge is 0.352 e. The molecule has 2 aromatic rings. The Hall–Kier alpha value is -2.75. The molecule has 20 heavy (non-hydrogen) atoms. The molecule has 0 radical (unpaired) electrons. The molecule has 10 heteroatoms. The molecule has 0 amide bonds. The van der Waals surface area contributed by atoms with E-state index >= 15 is 0 Å². The zero-order chi connectivity index (χ0) is 14.9. The number of nitrogens with one attached hydrogen (secondary N) is 1. The molecule has 0 aliphatic heterocycles. The van der Waals surface area contributed by atoms with Crippen LogP contribution < -0.4 is 0 Å². The molecule has 1 N–H and O–H groups in total. The second-order valence-electron chi connectivity index (χ2n) is 3.70. The second-order valence-corrected chi connectivity index (χ2v) is 5.59. The van der Waals surface area contributed by atoms with Crippen LogP contribution >= 0.6 is 0 Å². The van der Waals surface area contributed by atoms with Crippen molar-refractivity contribution in [1.29, 1.82) is 0 Å². The molecule has 1 heterocycles. The lowest BCUT2D eigenvalue weighted by molar-refractivity contribution is -0.396. The SMILES string of the molecule is O=[N+]([O-])c1ccc(S(=O)(=O)c2ccc[nH]2)c([N+](=O)[O-])c1. The number of nitro benzene ring substituents is 2. The first-order valence-corrected chi connectivity index (χ1v) is 6.63. The summed E-state index contributed by atoms with van der Waals surface area (Å²) in [6.07, 6.45) is 1.35. The number of nitrogens with zero attached hydrogens (tertiary/aromatic N) is 2. The molecule has 0 saturated carbocycles. The van der Waals surface area contributed by atoms with Crippen LogP contribution in [0, 0.1) is 20.2 Å². The zero-order valence-corrected chi connectivity index (χ0v) is 10.5. The van der Waals surface area contributed by atoms with Crippen molar-refractivity contribution < 1.29 is 18.3 Å². The first-order valence-electron chi connectivity index (χ1n) is 5.15. The maximum absolute atomic E-state index is 12.2. The molecule has 104 valence electrons. The van der Waals surface area contributed by atoms with E-state index in [1.165, 1.54) is 18.3 Å². The molecule has 0 aliphatic carbocycles. The number of rotatable bonds is 4. The van der Waals surface area contributed by atoms with Crippen molar-refractivity contribution in [2.45, 2.75) is 9.92 Å². The fraction of sp³-hybridized carbons (Fsp3) is 0. The highest BCUT2D eigenvalue weighted by molar-refractivity contribution is 7.91. The summed E-state index contributed by atoms with van der Waals surface area (Å²) in [5.74, 6) is 0. The predicted molar refractivity (Wildman–Crippen MR) is 66.0 cm³/mol. The van der Waals surface area contributed by atoms with Crippen molar-refractivity contribution in [3.05, 3.63) is 56.8 Å². The summed E-state index contributed by atoms with van der Waals surface area (Å²) >= 11 is 0. The van der Waals surface area contributed by atoms with Gasteiger partial charge in [-0.05, 0) is 18.2 Å². The second kappa shape index (κ2) is 4.74. The minimum Gasteiger partial charge on any atom is -0.352 e. The molecule has 9 nitrogen and oxygen atoms in total. The summed E-state index contributed by atoms with van der Waals surface area (Å²) < 4.78 is 24.4. The normalized spacial score (nSPS) is 11.2. The molecule has 1 aromatic heterocycles. The summed E-state index contributed by atoms with van der Waals surface area (Å²) in [5.41, 5.74) is -1.39. The molecule has 1 aromatic carbocycles. The van der Waals surface area contributed by atoms with E-state index in [-0.39, 0.29) is 5.03 Å². The monoisotopic (exact) mass is 297 g/mol. The Morgan fingerprint density at radius 2 is 1.75 bits per heavy atom. The van der Waals surface area contributed by atoms with E-state index in [9.17, 15) is 28.6 Å². The van der Waals surface area contributed by atoms with Gasteiger partial charge >= 0.3 is 0 Å². The van der Waals surface area contributed by atoms with Crippen LogP contribution in [0.4, 0.5) is 11.4 Å². The van der Waals surface area contributed by atoms with Crippen molar-refractivity contribution in [2.75, 3.05) is 0 Å². The number of hydrogen-bond donors (Lipinski definition) is 1. The van der Waals surface area contributed by atoms with Crippen molar-refractivity contribution >= 4 is 21.2 Å². The number of aromatic amines is 1. The molecule has 0 aliphatic rings. The van der Waals surface area contributed by atoms with Gasteiger partial charge in [-0.3, -0.25) is 20.2 Å². The van der Waals surface area contributed by atoms with Crippen molar-refractivity contribution in [1.82, 2.24) is 4.98 Å². The maximum atomic E-state index is 12.2. The van der Waals surface area contributed by atoms with Crippen LogP contribution in [0.2, 0.25) is 0 Å². The first kappa shape index (κ1) is 13.7. The van der Waals surface area contributed by atoms with Crippen LogP contribution in [0.15, 0.2) is 46.5 Å². The van der Waals surface area contributed by atoms with E-state index in [0.29, 0.717) is 6.07 Å². The highest BCUT2D eigenvalue weighted by Gasteiger charge is 2.30. The van der Waals surface area contributed by atoms with Gasteiger partial charge in [0.1, 0.15) is 5.03 Å². The van der Waals surface area contributed by atoms with Crippen molar-refractivity contribution in [3.8, 4) is 0 Å². The quantitative estimate of drug-likeness (QED) is 0.673. The average molecular weight is 297 g/mol. The molecule has 0 unspecified atom stereocenters. The van der Waals surface area contributed by atoms with E-state index in [2.05, 4.69) is 4.98 Å². The van der Waals surface area contributed by atoms with Crippen LogP contribution in [0.5, 0.6) is 0 Å². The Morgan fingerprint density at radius 3 is 2.25 bits per heavy atom. The Balaban J connectivity index is 2.69. The summed E-state index contributed by atoms with van der Waals surface area (Å²) in [6.45, 7) is 0. The van der Waals surface area contributed by atoms with E-state index in [1.54, 1.807) is 0 Å². The Kier molecular flexibility index (Phi) is 3.24. The first-order chi connectivity index (χ1) is 9.34. The Bertz CT molecular complexity index is 781. The van der Waals surface area contributed by atoms with Gasteiger partial charge in [-0.25, -0.2) is 8.42 Å². The number of benzene rings is 1. The molecule has 2 rings (SSSR count). The van der Waals surface area contributed by atoms with Crippen molar-refractivity contribution in [3.63, 3.8) is 0 Å². The van der Waals surface area contributed by atoms with Crippen LogP contribution in [-0.2, 0) is 9.84 Å². The van der Waals surface area contributed by atoms with Crippen LogP contribution in [0.1, 0.15) is 0 Å². The lowest BCUT2D eigenvalue weighted by Gasteiger charge is -2.03. The third kappa shape index (κ3) is 2.23. The minimum absolute atomic E-state index is 0.227. The van der Waals surface area contributed by atoms with Gasteiger partial charge in [0.05, 0.1) is 15.9 Å². The highest BCUT2D eigenvalue weighted by Crippen LogP contribution is 2.31. The molecular weight excluding hydrogens is 290 g/mol. The van der Waals surface area contributed by atoms with Crippen LogP contribution in [-0.4, -0.2) is 23.2 Å². The van der Waals surface area contributed by atoms with Crippen LogP contribution in [0.3, 0.4) is 0 Å². The van der Waals surface area contributed by atoms with E-state index < -0.39 is 36.0 Å². The van der Waals surface area contributed by atoms with Gasteiger partial charge in [0.2, 0.25) is 9.84 Å². The van der Waals surface area contributed by atoms with Gasteiger partial charge in [0.15, 0.2) is 4.90 Å². The van der Waals surface area contributed by atoms with Gasteiger partial charge in [-0.2, -0.15) is 0 Å². The van der Waals surface area contributed by atoms with Gasteiger partial charge in [-0.15, -0.1) is 0 Å². The predicted octanol–water partition coefficient (Wildman–Crippen LogP) is 1.66. The van der Waals surface area contributed by atoms with Crippen LogP contribution in [0.25, 0.3) is 0 Å². The fourth-order valence-electron chi connectivity index (χ4n) is 1.59. The number of aromatic nitrogens is 1. The number of H-pyrrole nitrogens is 1. The smallest absolute Gasteiger partial charge is 0.295 e. The number of non-ortho nitro benzene ring substituents is 1. The van der Waals surface area contributed by atoms with Gasteiger partial charge in [0.25, 0.3) is 11.4 Å². The molecule has 0 spiro atoms. The Labute approximate surface area is 112 Å². The fourth-order valence-corrected chi connectivity index (χ4v) is 2.96. The summed E-state index contributed by atoms with van der Waals surface area (Å²) in [5, 5.41) is 21.3. The molecule has 0 saturated heterocycles. The molecule has 0 atom stereocenters. The topological polar surface area (TPSA) is 136 Å².